The molecule has 0 aliphatic carbocycles. The van der Waals surface area contributed by atoms with Crippen LogP contribution < -0.4 is 15.7 Å². The Hall–Kier alpha value is -2.71. The average Bonchev–Trinajstić information content (AvgIpc) is 3.28. The van der Waals surface area contributed by atoms with E-state index in [9.17, 15) is 9.59 Å². The van der Waals surface area contributed by atoms with Crippen molar-refractivity contribution in [3.8, 4) is 5.75 Å². The maximum atomic E-state index is 12.8. The number of fused-ring (bicyclic) bond motifs is 1. The van der Waals surface area contributed by atoms with Gasteiger partial charge >= 0.3 is 5.63 Å². The third-order valence-electron chi connectivity index (χ3n) is 5.06. The zero-order valence-electron chi connectivity index (χ0n) is 16.1. The van der Waals surface area contributed by atoms with E-state index in [-0.39, 0.29) is 11.6 Å². The molecule has 1 amide bonds. The highest BCUT2D eigenvalue weighted by Gasteiger charge is 2.25. The van der Waals surface area contributed by atoms with Gasteiger partial charge in [0.15, 0.2) is 11.3 Å². The van der Waals surface area contributed by atoms with Gasteiger partial charge in [0.05, 0.1) is 25.7 Å². The van der Waals surface area contributed by atoms with E-state index in [2.05, 4.69) is 10.2 Å². The highest BCUT2D eigenvalue weighted by atomic mass is 32.2. The maximum absolute atomic E-state index is 12.8. The molecule has 1 N–H and O–H groups in total. The minimum atomic E-state index is -0.686. The summed E-state index contributed by atoms with van der Waals surface area (Å²) in [6.07, 6.45) is 3.34. The Bertz CT molecular complexity index is 1040. The van der Waals surface area contributed by atoms with Gasteiger partial charge in [0.25, 0.3) is 5.91 Å². The Labute approximate surface area is 172 Å². The molecule has 29 heavy (non-hydrogen) atoms. The number of furan rings is 1. The third kappa shape index (κ3) is 4.18. The monoisotopic (exact) mass is 414 g/mol. The zero-order chi connectivity index (χ0) is 20.2. The van der Waals surface area contributed by atoms with Crippen molar-refractivity contribution in [1.29, 1.82) is 0 Å². The Morgan fingerprint density at radius 2 is 2.14 bits per heavy atom. The molecule has 3 heterocycles. The summed E-state index contributed by atoms with van der Waals surface area (Å²) >= 11 is 1.92. The molecule has 2 aromatic heterocycles. The topological polar surface area (TPSA) is 84.9 Å². The number of hydrogen-bond donors (Lipinski definition) is 1. The number of ether oxygens (including phenoxy) is 1. The van der Waals surface area contributed by atoms with Crippen LogP contribution >= 0.6 is 11.8 Å². The quantitative estimate of drug-likeness (QED) is 0.621. The van der Waals surface area contributed by atoms with Crippen molar-refractivity contribution in [1.82, 2.24) is 10.2 Å². The second kappa shape index (κ2) is 8.75. The molecule has 0 spiro atoms. The fraction of sp³-hybridized carbons (Fsp3) is 0.333. The standard InChI is InChI=1S/C21H22N2O5S/c1-26-18-4-2-3-14-11-16(21(25)28-19(14)18)20(24)22-12-17(15-5-8-27-13-15)23-6-9-29-10-7-23/h2-5,8,11,13,17H,6-7,9-10,12H2,1H3,(H,22,24)/t17-/m1/s1. The Morgan fingerprint density at radius 1 is 1.31 bits per heavy atom. The number of nitrogens with one attached hydrogen (secondary N) is 1. The normalized spacial score (nSPS) is 15.9. The average molecular weight is 414 g/mol. The van der Waals surface area contributed by atoms with Crippen molar-refractivity contribution in [3.63, 3.8) is 0 Å². The largest absolute Gasteiger partial charge is 0.493 e. The number of carbonyl (C=O) groups is 1. The van der Waals surface area contributed by atoms with E-state index in [1.807, 2.05) is 17.8 Å². The van der Waals surface area contributed by atoms with Gasteiger partial charge in [-0.25, -0.2) is 4.79 Å². The van der Waals surface area contributed by atoms with Gasteiger partial charge in [0.1, 0.15) is 5.56 Å². The van der Waals surface area contributed by atoms with Gasteiger partial charge in [-0.05, 0) is 18.2 Å². The van der Waals surface area contributed by atoms with E-state index in [0.29, 0.717) is 23.3 Å². The van der Waals surface area contributed by atoms with Crippen molar-refractivity contribution in [2.24, 2.45) is 0 Å². The van der Waals surface area contributed by atoms with E-state index in [1.54, 1.807) is 36.8 Å². The molecule has 1 atom stereocenters. The number of para-hydroxylation sites is 1. The first-order valence-electron chi connectivity index (χ1n) is 9.40. The Kier molecular flexibility index (Phi) is 5.92. The molecule has 1 aliphatic heterocycles. The SMILES string of the molecule is COc1cccc2cc(C(=O)NC[C@H](c3ccoc3)N3CCSCC3)c(=O)oc12. The summed E-state index contributed by atoms with van der Waals surface area (Å²) in [6.45, 7) is 2.25. The molecule has 8 heteroatoms. The summed E-state index contributed by atoms with van der Waals surface area (Å²) in [7, 11) is 1.50. The van der Waals surface area contributed by atoms with Gasteiger partial charge in [-0.15, -0.1) is 0 Å². The molecule has 0 unspecified atom stereocenters. The number of methoxy groups -OCH3 is 1. The van der Waals surface area contributed by atoms with Crippen LogP contribution in [0.3, 0.4) is 0 Å². The van der Waals surface area contributed by atoms with Gasteiger partial charge in [-0.3, -0.25) is 9.69 Å². The first-order chi connectivity index (χ1) is 14.2. The lowest BCUT2D eigenvalue weighted by Gasteiger charge is -2.33. The fourth-order valence-electron chi connectivity index (χ4n) is 3.53. The van der Waals surface area contributed by atoms with E-state index < -0.39 is 11.5 Å². The van der Waals surface area contributed by atoms with E-state index in [1.165, 1.54) is 7.11 Å². The lowest BCUT2D eigenvalue weighted by Crippen LogP contribution is -2.42. The van der Waals surface area contributed by atoms with Crippen LogP contribution in [0.1, 0.15) is 22.0 Å². The van der Waals surface area contributed by atoms with Crippen LogP contribution in [0.25, 0.3) is 11.0 Å². The predicted molar refractivity (Wildman–Crippen MR) is 112 cm³/mol. The van der Waals surface area contributed by atoms with Gasteiger partial charge in [-0.1, -0.05) is 12.1 Å². The number of thioether (sulfide) groups is 1. The third-order valence-corrected chi connectivity index (χ3v) is 6.00. The summed E-state index contributed by atoms with van der Waals surface area (Å²) in [4.78, 5) is 27.5. The predicted octanol–water partition coefficient (Wildman–Crippen LogP) is 2.91. The molecule has 7 nitrogen and oxygen atoms in total. The first-order valence-corrected chi connectivity index (χ1v) is 10.6. The molecule has 1 aromatic carbocycles. The number of rotatable bonds is 6. The Morgan fingerprint density at radius 3 is 2.86 bits per heavy atom. The number of amides is 1. The van der Waals surface area contributed by atoms with E-state index >= 15 is 0 Å². The summed E-state index contributed by atoms with van der Waals surface area (Å²) < 4.78 is 15.8. The smallest absolute Gasteiger partial charge is 0.349 e. The lowest BCUT2D eigenvalue weighted by atomic mass is 10.1. The summed E-state index contributed by atoms with van der Waals surface area (Å²) in [5, 5.41) is 3.53. The molecule has 1 fully saturated rings. The molecular formula is C21H22N2O5S. The Balaban J connectivity index is 1.55. The minimum absolute atomic E-state index is 0.00816. The molecule has 3 aromatic rings. The van der Waals surface area contributed by atoms with E-state index in [4.69, 9.17) is 13.6 Å². The lowest BCUT2D eigenvalue weighted by molar-refractivity contribution is 0.0931. The van der Waals surface area contributed by atoms with Crippen LogP contribution in [0.4, 0.5) is 0 Å². The molecule has 1 saturated heterocycles. The van der Waals surface area contributed by atoms with Crippen LogP contribution in [-0.2, 0) is 0 Å². The molecular weight excluding hydrogens is 392 g/mol. The summed E-state index contributed by atoms with van der Waals surface area (Å²) in [5.41, 5.74) is 0.630. The molecule has 0 radical (unpaired) electrons. The van der Waals surface area contributed by atoms with Crippen LogP contribution in [0.2, 0.25) is 0 Å². The van der Waals surface area contributed by atoms with Crippen LogP contribution in [0.5, 0.6) is 5.75 Å². The number of carbonyl (C=O) groups excluding carboxylic acids is 1. The minimum Gasteiger partial charge on any atom is -0.493 e. The number of hydrogen-bond acceptors (Lipinski definition) is 7. The van der Waals surface area contributed by atoms with Crippen molar-refractivity contribution >= 4 is 28.6 Å². The van der Waals surface area contributed by atoms with Crippen molar-refractivity contribution in [2.75, 3.05) is 38.2 Å². The number of benzene rings is 1. The van der Waals surface area contributed by atoms with Crippen molar-refractivity contribution in [3.05, 3.63) is 64.4 Å². The molecule has 4 rings (SSSR count). The highest BCUT2D eigenvalue weighted by molar-refractivity contribution is 7.99. The van der Waals surface area contributed by atoms with Crippen molar-refractivity contribution in [2.45, 2.75) is 6.04 Å². The van der Waals surface area contributed by atoms with Gasteiger partial charge in [-0.2, -0.15) is 11.8 Å². The second-order valence-electron chi connectivity index (χ2n) is 6.76. The van der Waals surface area contributed by atoms with Gasteiger partial charge < -0.3 is 18.9 Å². The second-order valence-corrected chi connectivity index (χ2v) is 7.98. The summed E-state index contributed by atoms with van der Waals surface area (Å²) in [5.74, 6) is 2.11. The van der Waals surface area contributed by atoms with E-state index in [0.717, 1.165) is 30.2 Å². The van der Waals surface area contributed by atoms with Crippen LogP contribution in [0.15, 0.2) is 56.5 Å². The van der Waals surface area contributed by atoms with Crippen LogP contribution in [0, 0.1) is 0 Å². The fourth-order valence-corrected chi connectivity index (χ4v) is 4.46. The van der Waals surface area contributed by atoms with Gasteiger partial charge in [0.2, 0.25) is 0 Å². The number of nitrogens with zero attached hydrogens (tertiary/aromatic N) is 1. The van der Waals surface area contributed by atoms with Crippen LogP contribution in [-0.4, -0.2) is 49.1 Å². The molecule has 152 valence electrons. The zero-order valence-corrected chi connectivity index (χ0v) is 16.9. The molecule has 0 saturated carbocycles. The van der Waals surface area contributed by atoms with Gasteiger partial charge in [0, 0.05) is 42.1 Å². The van der Waals surface area contributed by atoms with Crippen molar-refractivity contribution < 1.29 is 18.4 Å². The molecule has 0 bridgehead atoms. The maximum Gasteiger partial charge on any atom is 0.349 e. The summed E-state index contributed by atoms with van der Waals surface area (Å²) in [6, 6.07) is 8.71. The molecule has 1 aliphatic rings. The first kappa shape index (κ1) is 19.6. The highest BCUT2D eigenvalue weighted by Crippen LogP contribution is 2.26.